The molecule has 7 heteroatoms. The van der Waals surface area contributed by atoms with Gasteiger partial charge in [-0.1, -0.05) is 18.7 Å². The summed E-state index contributed by atoms with van der Waals surface area (Å²) in [7, 11) is 3.51. The minimum absolute atomic E-state index is 0.699. The maximum absolute atomic E-state index is 5.35. The molecule has 0 bridgehead atoms. The van der Waals surface area contributed by atoms with Gasteiger partial charge >= 0.3 is 0 Å². The van der Waals surface area contributed by atoms with E-state index < -0.39 is 0 Å². The lowest BCUT2D eigenvalue weighted by Crippen LogP contribution is -2.43. The molecule has 2 heterocycles. The average Bonchev–Trinajstić information content (AvgIpc) is 2.82. The van der Waals surface area contributed by atoms with Gasteiger partial charge in [-0.05, 0) is 42.3 Å². The zero-order valence-corrected chi connectivity index (χ0v) is 19.7. The van der Waals surface area contributed by atoms with Crippen molar-refractivity contribution in [3.8, 4) is 0 Å². The monoisotopic (exact) mass is 442 g/mol. The Balaban J connectivity index is 1.62. The number of methoxy groups -OCH3 is 2. The van der Waals surface area contributed by atoms with Gasteiger partial charge < -0.3 is 29.9 Å². The Kier molecular flexibility index (Phi) is 7.61. The molecule has 2 aliphatic heterocycles. The van der Waals surface area contributed by atoms with Gasteiger partial charge in [0.25, 0.3) is 0 Å². The van der Waals surface area contributed by atoms with Crippen LogP contribution in [0, 0.1) is 0 Å². The molecule has 6 nitrogen and oxygen atoms in total. The Morgan fingerprint density at radius 3 is 2.42 bits per heavy atom. The first kappa shape index (κ1) is 22.3. The molecule has 2 aromatic carbocycles. The van der Waals surface area contributed by atoms with E-state index in [4.69, 9.17) is 9.47 Å². The molecule has 2 aliphatic rings. The van der Waals surface area contributed by atoms with Crippen molar-refractivity contribution >= 4 is 34.5 Å². The lowest BCUT2D eigenvalue weighted by Gasteiger charge is -2.32. The number of benzene rings is 2. The molecule has 2 N–H and O–H groups in total. The van der Waals surface area contributed by atoms with Crippen LogP contribution >= 0.6 is 11.8 Å². The molecule has 1 saturated heterocycles. The predicted octanol–water partition coefficient (Wildman–Crippen LogP) is 3.97. The Morgan fingerprint density at radius 2 is 1.74 bits per heavy atom. The van der Waals surface area contributed by atoms with Gasteiger partial charge in [-0.3, -0.25) is 0 Å². The van der Waals surface area contributed by atoms with Gasteiger partial charge in [0.2, 0.25) is 0 Å². The van der Waals surface area contributed by atoms with Gasteiger partial charge in [-0.15, -0.1) is 0 Å². The van der Waals surface area contributed by atoms with Crippen LogP contribution in [0.1, 0.15) is 12.5 Å². The van der Waals surface area contributed by atoms with Gasteiger partial charge in [0, 0.05) is 74.7 Å². The normalized spacial score (nSPS) is 15.3. The highest BCUT2D eigenvalue weighted by molar-refractivity contribution is 7.99. The number of piperazine rings is 1. The molecule has 0 aromatic heterocycles. The fourth-order valence-corrected chi connectivity index (χ4v) is 5.29. The third-order valence-corrected chi connectivity index (χ3v) is 7.07. The van der Waals surface area contributed by atoms with Gasteiger partial charge in [0.1, 0.15) is 0 Å². The summed E-state index contributed by atoms with van der Waals surface area (Å²) in [5.41, 5.74) is 6.34. The maximum Gasteiger partial charge on any atom is 0.0637 e. The number of hydrogen-bond acceptors (Lipinski definition) is 7. The van der Waals surface area contributed by atoms with Crippen LogP contribution < -0.4 is 20.4 Å². The third-order valence-electron chi connectivity index (χ3n) is 5.97. The fourth-order valence-electron chi connectivity index (χ4n) is 4.19. The topological polar surface area (TPSA) is 49.0 Å². The van der Waals surface area contributed by atoms with E-state index >= 15 is 0 Å². The highest BCUT2D eigenvalue weighted by Crippen LogP contribution is 2.48. The number of anilines is 4. The SMILES string of the molecule is CCc1cc(N(CCOC)CCOC)cc2c1Nc1ccc(N3CCNCC3)cc1S2. The van der Waals surface area contributed by atoms with E-state index in [0.29, 0.717) is 13.2 Å². The van der Waals surface area contributed by atoms with Crippen molar-refractivity contribution < 1.29 is 9.47 Å². The van der Waals surface area contributed by atoms with Crippen molar-refractivity contribution in [2.75, 3.05) is 81.8 Å². The summed E-state index contributed by atoms with van der Waals surface area (Å²) in [6, 6.07) is 11.5. The molecule has 2 aromatic rings. The van der Waals surface area contributed by atoms with E-state index in [0.717, 1.165) is 45.7 Å². The second kappa shape index (κ2) is 10.6. The maximum atomic E-state index is 5.35. The van der Waals surface area contributed by atoms with E-state index in [1.807, 2.05) is 11.8 Å². The first-order valence-corrected chi connectivity index (χ1v) is 12.0. The summed E-state index contributed by atoms with van der Waals surface area (Å²) in [4.78, 5) is 7.42. The van der Waals surface area contributed by atoms with E-state index in [9.17, 15) is 0 Å². The number of nitrogens with zero attached hydrogens (tertiary/aromatic N) is 2. The molecule has 0 unspecified atom stereocenters. The fraction of sp³-hybridized carbons (Fsp3) is 0.500. The van der Waals surface area contributed by atoms with E-state index in [1.165, 1.54) is 38.1 Å². The van der Waals surface area contributed by atoms with Crippen LogP contribution in [-0.4, -0.2) is 66.7 Å². The van der Waals surface area contributed by atoms with Crippen LogP contribution in [0.3, 0.4) is 0 Å². The number of rotatable bonds is 9. The van der Waals surface area contributed by atoms with Crippen molar-refractivity contribution in [3.63, 3.8) is 0 Å². The summed E-state index contributed by atoms with van der Waals surface area (Å²) in [6.45, 7) is 9.55. The zero-order valence-electron chi connectivity index (χ0n) is 18.9. The Morgan fingerprint density at radius 1 is 1.00 bits per heavy atom. The van der Waals surface area contributed by atoms with E-state index in [1.54, 1.807) is 14.2 Å². The minimum Gasteiger partial charge on any atom is -0.383 e. The van der Waals surface area contributed by atoms with Gasteiger partial charge in [0.15, 0.2) is 0 Å². The second-order valence-corrected chi connectivity index (χ2v) is 9.03. The molecule has 0 radical (unpaired) electrons. The average molecular weight is 443 g/mol. The summed E-state index contributed by atoms with van der Waals surface area (Å²) in [5.74, 6) is 0. The van der Waals surface area contributed by atoms with Crippen LogP contribution in [0.25, 0.3) is 0 Å². The predicted molar refractivity (Wildman–Crippen MR) is 131 cm³/mol. The number of aryl methyl sites for hydroxylation is 1. The van der Waals surface area contributed by atoms with E-state index in [2.05, 4.69) is 57.7 Å². The molecule has 0 saturated carbocycles. The number of fused-ring (bicyclic) bond motifs is 2. The van der Waals surface area contributed by atoms with Crippen LogP contribution in [0.5, 0.6) is 0 Å². The molecule has 1 fully saturated rings. The van der Waals surface area contributed by atoms with Crippen molar-refractivity contribution in [3.05, 3.63) is 35.9 Å². The highest BCUT2D eigenvalue weighted by Gasteiger charge is 2.22. The largest absolute Gasteiger partial charge is 0.383 e. The number of hydrogen-bond donors (Lipinski definition) is 2. The molecule has 0 amide bonds. The summed E-state index contributed by atoms with van der Waals surface area (Å²) in [6.07, 6.45) is 0.986. The first-order valence-electron chi connectivity index (χ1n) is 11.2. The highest BCUT2D eigenvalue weighted by atomic mass is 32.2. The van der Waals surface area contributed by atoms with Crippen LogP contribution in [0.15, 0.2) is 40.1 Å². The molecular weight excluding hydrogens is 408 g/mol. The molecule has 31 heavy (non-hydrogen) atoms. The van der Waals surface area contributed by atoms with Crippen LogP contribution in [-0.2, 0) is 15.9 Å². The smallest absolute Gasteiger partial charge is 0.0637 e. The van der Waals surface area contributed by atoms with Crippen molar-refractivity contribution in [1.82, 2.24) is 5.32 Å². The van der Waals surface area contributed by atoms with Crippen LogP contribution in [0.2, 0.25) is 0 Å². The first-order chi connectivity index (χ1) is 15.2. The van der Waals surface area contributed by atoms with Crippen molar-refractivity contribution in [1.29, 1.82) is 0 Å². The number of ether oxygens (including phenoxy) is 2. The van der Waals surface area contributed by atoms with Crippen molar-refractivity contribution in [2.24, 2.45) is 0 Å². The van der Waals surface area contributed by atoms with Crippen molar-refractivity contribution in [2.45, 2.75) is 23.1 Å². The number of nitrogens with one attached hydrogen (secondary N) is 2. The second-order valence-electron chi connectivity index (χ2n) is 7.95. The molecule has 0 spiro atoms. The Hall–Kier alpha value is -1.93. The summed E-state index contributed by atoms with van der Waals surface area (Å²) >= 11 is 1.88. The Bertz CT molecular complexity index is 878. The third kappa shape index (κ3) is 5.12. The molecule has 4 rings (SSSR count). The molecule has 0 aliphatic carbocycles. The van der Waals surface area contributed by atoms with Gasteiger partial charge in [0.05, 0.1) is 24.6 Å². The molecular formula is C24H34N4O2S. The zero-order chi connectivity index (χ0) is 21.6. The van der Waals surface area contributed by atoms with Gasteiger partial charge in [-0.2, -0.15) is 0 Å². The standard InChI is InChI=1S/C24H34N4O2S/c1-4-18-15-20(28(11-13-29-2)12-14-30-3)17-23-24(18)26-21-6-5-19(16-22(21)31-23)27-9-7-25-8-10-27/h5-6,15-17,25-26H,4,7-14H2,1-3H3. The summed E-state index contributed by atoms with van der Waals surface area (Å²) < 4.78 is 10.7. The minimum atomic E-state index is 0.699. The quantitative estimate of drug-likeness (QED) is 0.520. The van der Waals surface area contributed by atoms with Gasteiger partial charge in [-0.25, -0.2) is 0 Å². The molecule has 168 valence electrons. The lowest BCUT2D eigenvalue weighted by molar-refractivity contribution is 0.190. The Labute approximate surface area is 190 Å². The lowest BCUT2D eigenvalue weighted by atomic mass is 10.1. The van der Waals surface area contributed by atoms with E-state index in [-0.39, 0.29) is 0 Å². The van der Waals surface area contributed by atoms with Crippen LogP contribution in [0.4, 0.5) is 22.7 Å². The molecule has 0 atom stereocenters. The summed E-state index contributed by atoms with van der Waals surface area (Å²) in [5, 5.41) is 7.16.